The molecule has 6 heteroatoms. The Morgan fingerprint density at radius 3 is 2.57 bits per heavy atom. The van der Waals surface area contributed by atoms with Crippen LogP contribution in [0, 0.1) is 29.1 Å². The van der Waals surface area contributed by atoms with Gasteiger partial charge in [-0.2, -0.15) is 0 Å². The summed E-state index contributed by atoms with van der Waals surface area (Å²) in [5.74, 6) is 3.06. The third-order valence-electron chi connectivity index (χ3n) is 6.08. The third kappa shape index (κ3) is 5.35. The van der Waals surface area contributed by atoms with E-state index in [9.17, 15) is 4.79 Å². The van der Waals surface area contributed by atoms with Crippen molar-refractivity contribution in [3.63, 3.8) is 0 Å². The van der Waals surface area contributed by atoms with Crippen molar-refractivity contribution in [2.75, 3.05) is 6.54 Å². The largest absolute Gasteiger partial charge is 0.421 e. The van der Waals surface area contributed by atoms with Crippen molar-refractivity contribution in [3.8, 4) is 11.5 Å². The summed E-state index contributed by atoms with van der Waals surface area (Å²) in [4.78, 5) is 16.4. The summed E-state index contributed by atoms with van der Waals surface area (Å²) in [6.45, 7) is 13.3. The van der Waals surface area contributed by atoms with Crippen molar-refractivity contribution in [2.24, 2.45) is 29.1 Å². The fourth-order valence-corrected chi connectivity index (χ4v) is 4.14. The average Bonchev–Trinajstić information content (AvgIpc) is 3.16. The van der Waals surface area contributed by atoms with E-state index in [2.05, 4.69) is 47.3 Å². The minimum Gasteiger partial charge on any atom is -0.421 e. The monoisotopic (exact) mass is 410 g/mol. The van der Waals surface area contributed by atoms with Crippen LogP contribution < -0.4 is 5.32 Å². The second kappa shape index (κ2) is 9.11. The standard InChI is InChI=1S/C24H34N4O2/c1-15(2)20-12-18(16(3)11-19(20)14-26-23(29)24(4,5)6)13-21-27-28-22(30-21)17-7-9-25-10-8-17/h7-11,15,18-20H,12-14H2,1-6H3,(H,26,29)/t18-,19-,20-/m0/s1. The molecule has 0 radical (unpaired) electrons. The molecular weight excluding hydrogens is 376 g/mol. The molecule has 0 aromatic carbocycles. The molecule has 6 nitrogen and oxygen atoms in total. The maximum atomic E-state index is 12.3. The zero-order valence-corrected chi connectivity index (χ0v) is 19.0. The molecule has 0 fully saturated rings. The highest BCUT2D eigenvalue weighted by Crippen LogP contribution is 2.39. The summed E-state index contributed by atoms with van der Waals surface area (Å²) >= 11 is 0. The zero-order chi connectivity index (χ0) is 21.9. The van der Waals surface area contributed by atoms with Gasteiger partial charge in [0.05, 0.1) is 0 Å². The number of carbonyl (C=O) groups is 1. The predicted molar refractivity (Wildman–Crippen MR) is 117 cm³/mol. The molecular formula is C24H34N4O2. The molecule has 0 unspecified atom stereocenters. The fraction of sp³-hybridized carbons (Fsp3) is 0.583. The molecule has 162 valence electrons. The number of amides is 1. The Labute approximate surface area is 179 Å². The van der Waals surface area contributed by atoms with E-state index < -0.39 is 0 Å². The molecule has 3 atom stereocenters. The first-order valence-corrected chi connectivity index (χ1v) is 10.8. The van der Waals surface area contributed by atoms with Crippen molar-refractivity contribution in [3.05, 3.63) is 42.1 Å². The van der Waals surface area contributed by atoms with E-state index in [0.717, 1.165) is 18.4 Å². The zero-order valence-electron chi connectivity index (χ0n) is 19.0. The smallest absolute Gasteiger partial charge is 0.247 e. The third-order valence-corrected chi connectivity index (χ3v) is 6.08. The van der Waals surface area contributed by atoms with E-state index in [0.29, 0.717) is 42.0 Å². The Kier molecular flexibility index (Phi) is 6.74. The lowest BCUT2D eigenvalue weighted by Crippen LogP contribution is -2.41. The topological polar surface area (TPSA) is 80.9 Å². The minimum absolute atomic E-state index is 0.104. The van der Waals surface area contributed by atoms with Crippen LogP contribution in [0.1, 0.15) is 53.9 Å². The highest BCUT2D eigenvalue weighted by molar-refractivity contribution is 5.81. The Balaban J connectivity index is 1.70. The van der Waals surface area contributed by atoms with Gasteiger partial charge >= 0.3 is 0 Å². The van der Waals surface area contributed by atoms with E-state index in [1.807, 2.05) is 32.9 Å². The van der Waals surface area contributed by atoms with Gasteiger partial charge in [0.1, 0.15) is 0 Å². The van der Waals surface area contributed by atoms with Crippen LogP contribution in [-0.2, 0) is 11.2 Å². The molecule has 1 aliphatic carbocycles. The number of pyridine rings is 1. The molecule has 0 bridgehead atoms. The van der Waals surface area contributed by atoms with E-state index in [-0.39, 0.29) is 11.3 Å². The summed E-state index contributed by atoms with van der Waals surface area (Å²) < 4.78 is 5.93. The first kappa shape index (κ1) is 22.2. The summed E-state index contributed by atoms with van der Waals surface area (Å²) in [7, 11) is 0. The predicted octanol–water partition coefficient (Wildman–Crippen LogP) is 4.69. The van der Waals surface area contributed by atoms with Gasteiger partial charge in [0, 0.05) is 36.3 Å². The van der Waals surface area contributed by atoms with E-state index in [1.54, 1.807) is 12.4 Å². The van der Waals surface area contributed by atoms with Crippen molar-refractivity contribution >= 4 is 5.91 Å². The lowest BCUT2D eigenvalue weighted by Gasteiger charge is -2.37. The van der Waals surface area contributed by atoms with Gasteiger partial charge in [0.15, 0.2) is 0 Å². The van der Waals surface area contributed by atoms with Gasteiger partial charge in [0.25, 0.3) is 0 Å². The number of aromatic nitrogens is 3. The van der Waals surface area contributed by atoms with Gasteiger partial charge < -0.3 is 9.73 Å². The maximum Gasteiger partial charge on any atom is 0.247 e. The highest BCUT2D eigenvalue weighted by Gasteiger charge is 2.33. The summed E-state index contributed by atoms with van der Waals surface area (Å²) in [5, 5.41) is 11.6. The van der Waals surface area contributed by atoms with Crippen LogP contribution in [0.25, 0.3) is 11.5 Å². The average molecular weight is 411 g/mol. The molecule has 0 saturated carbocycles. The number of allylic oxidation sites excluding steroid dienone is 1. The van der Waals surface area contributed by atoms with Gasteiger partial charge in [-0.25, -0.2) is 0 Å². The Morgan fingerprint density at radius 2 is 1.93 bits per heavy atom. The highest BCUT2D eigenvalue weighted by atomic mass is 16.4. The van der Waals surface area contributed by atoms with Crippen LogP contribution in [0.4, 0.5) is 0 Å². The Bertz CT molecular complexity index is 880. The summed E-state index contributed by atoms with van der Waals surface area (Å²) in [6.07, 6.45) is 7.59. The van der Waals surface area contributed by atoms with Gasteiger partial charge in [-0.05, 0) is 49.1 Å². The van der Waals surface area contributed by atoms with Gasteiger partial charge in [0.2, 0.25) is 17.7 Å². The van der Waals surface area contributed by atoms with Crippen molar-refractivity contribution in [1.82, 2.24) is 20.5 Å². The number of rotatable bonds is 6. The maximum absolute atomic E-state index is 12.3. The molecule has 0 aliphatic heterocycles. The normalized spacial score (nSPS) is 22.1. The molecule has 30 heavy (non-hydrogen) atoms. The number of carbonyl (C=O) groups excluding carboxylic acids is 1. The van der Waals surface area contributed by atoms with Crippen LogP contribution in [0.3, 0.4) is 0 Å². The quantitative estimate of drug-likeness (QED) is 0.699. The number of nitrogens with zero attached hydrogens (tertiary/aromatic N) is 3. The molecule has 1 aliphatic rings. The Hall–Kier alpha value is -2.50. The molecule has 2 aromatic heterocycles. The molecule has 0 saturated heterocycles. The second-order valence-electron chi connectivity index (χ2n) is 9.82. The first-order chi connectivity index (χ1) is 14.1. The number of nitrogens with one attached hydrogen (secondary N) is 1. The Morgan fingerprint density at radius 1 is 1.23 bits per heavy atom. The first-order valence-electron chi connectivity index (χ1n) is 10.8. The number of hydrogen-bond donors (Lipinski definition) is 1. The SMILES string of the molecule is CC1=C[C@@H](CNC(=O)C(C)(C)C)[C@H](C(C)C)C[C@H]1Cc1nnc(-c2ccncc2)o1. The van der Waals surface area contributed by atoms with Crippen molar-refractivity contribution in [1.29, 1.82) is 0 Å². The van der Waals surface area contributed by atoms with Crippen LogP contribution in [0.2, 0.25) is 0 Å². The molecule has 3 rings (SSSR count). The lowest BCUT2D eigenvalue weighted by molar-refractivity contribution is -0.128. The van der Waals surface area contributed by atoms with E-state index in [1.165, 1.54) is 5.57 Å². The van der Waals surface area contributed by atoms with E-state index in [4.69, 9.17) is 4.42 Å². The molecule has 2 heterocycles. The van der Waals surface area contributed by atoms with E-state index >= 15 is 0 Å². The number of hydrogen-bond acceptors (Lipinski definition) is 5. The van der Waals surface area contributed by atoms with Crippen LogP contribution in [-0.4, -0.2) is 27.6 Å². The van der Waals surface area contributed by atoms with Crippen LogP contribution in [0.15, 0.2) is 40.6 Å². The van der Waals surface area contributed by atoms with Crippen LogP contribution in [0.5, 0.6) is 0 Å². The minimum atomic E-state index is -0.367. The van der Waals surface area contributed by atoms with Gasteiger partial charge in [-0.1, -0.05) is 46.3 Å². The molecule has 0 spiro atoms. The van der Waals surface area contributed by atoms with Gasteiger partial charge in [-0.15, -0.1) is 10.2 Å². The van der Waals surface area contributed by atoms with Gasteiger partial charge in [-0.3, -0.25) is 9.78 Å². The fourth-order valence-electron chi connectivity index (χ4n) is 4.14. The lowest BCUT2D eigenvalue weighted by atomic mass is 9.70. The van der Waals surface area contributed by atoms with Crippen molar-refractivity contribution < 1.29 is 9.21 Å². The van der Waals surface area contributed by atoms with Crippen molar-refractivity contribution in [2.45, 2.75) is 54.4 Å². The molecule has 1 N–H and O–H groups in total. The molecule has 1 amide bonds. The second-order valence-corrected chi connectivity index (χ2v) is 9.82. The summed E-state index contributed by atoms with van der Waals surface area (Å²) in [5.41, 5.74) is 1.85. The van der Waals surface area contributed by atoms with Crippen LogP contribution >= 0.6 is 0 Å². The summed E-state index contributed by atoms with van der Waals surface area (Å²) in [6, 6.07) is 3.74. The molecule has 2 aromatic rings.